The lowest BCUT2D eigenvalue weighted by Crippen LogP contribution is -2.12. The maximum absolute atomic E-state index is 9.78. The Morgan fingerprint density at radius 1 is 0.534 bits per heavy atom. The molecule has 4 aromatic heterocycles. The molecule has 0 bridgehead atoms. The molecule has 300 valence electrons. The number of phenols is 4. The number of phenolic OH excluding ortho intramolecular Hbond substituents is 4. The molecule has 0 radical (unpaired) electrons. The number of nitrogen functional groups attached to an aromatic ring is 1. The van der Waals surface area contributed by atoms with Crippen LogP contribution in [0.1, 0.15) is 54.8 Å². The normalized spacial score (nSPS) is 10.8. The van der Waals surface area contributed by atoms with Gasteiger partial charge in [-0.15, -0.1) is 0 Å². The Bertz CT molecular complexity index is 2590. The number of aromatic hydroxyl groups is 4. The Kier molecular flexibility index (Phi) is 13.1. The second-order valence-electron chi connectivity index (χ2n) is 14.6. The van der Waals surface area contributed by atoms with Gasteiger partial charge in [0.2, 0.25) is 0 Å². The van der Waals surface area contributed by atoms with Crippen LogP contribution < -0.4 is 5.73 Å². The number of rotatable bonds is 4. The van der Waals surface area contributed by atoms with Crippen molar-refractivity contribution in [1.29, 1.82) is 0 Å². The standard InChI is InChI=1S/C13H17N3O.C12H14N2O.2C10H10N2O/c1-13(2,3)11-8-12(14)16(15-11)9-6-4-5-7-10(9)17;1-8-9(2)13-14(10(8)3)11-6-4-5-7-12(11)15;1-8-6-7-12(11-8)9-4-2-3-5-10(9)13;1-8-6-7-11-12(8)9-4-2-3-5-10(9)13/h4-8,17H,14H2,1-3H3;4-7,15H,1-3H3;2*2-7,13H,1H3. The summed E-state index contributed by atoms with van der Waals surface area (Å²) in [6, 6.07) is 34.1. The van der Waals surface area contributed by atoms with Gasteiger partial charge in [0.05, 0.1) is 17.1 Å². The fourth-order valence-electron chi connectivity index (χ4n) is 5.67. The molecule has 4 aromatic carbocycles. The number of aromatic nitrogens is 8. The van der Waals surface area contributed by atoms with Crippen LogP contribution in [-0.4, -0.2) is 59.5 Å². The maximum atomic E-state index is 9.78. The van der Waals surface area contributed by atoms with E-state index in [2.05, 4.69) is 41.2 Å². The van der Waals surface area contributed by atoms with E-state index in [1.165, 1.54) is 5.56 Å². The molecule has 0 aliphatic carbocycles. The molecule has 13 heteroatoms. The zero-order chi connectivity index (χ0) is 42.1. The van der Waals surface area contributed by atoms with Crippen molar-refractivity contribution < 1.29 is 20.4 Å². The summed E-state index contributed by atoms with van der Waals surface area (Å²) < 4.78 is 6.70. The molecular weight excluding hydrogens is 731 g/mol. The van der Waals surface area contributed by atoms with E-state index in [9.17, 15) is 20.4 Å². The predicted molar refractivity (Wildman–Crippen MR) is 228 cm³/mol. The summed E-state index contributed by atoms with van der Waals surface area (Å²) in [6.07, 6.45) is 3.53. The Hall–Kier alpha value is -7.28. The van der Waals surface area contributed by atoms with Crippen molar-refractivity contribution >= 4 is 5.82 Å². The molecule has 0 spiro atoms. The van der Waals surface area contributed by atoms with Gasteiger partial charge in [0.25, 0.3) is 0 Å². The summed E-state index contributed by atoms with van der Waals surface area (Å²) in [7, 11) is 0. The SMILES string of the molecule is CC(C)(C)c1cc(N)n(-c2ccccc2O)n1.Cc1ccn(-c2ccccc2O)n1.Cc1ccnn1-c1ccccc1O.Cc1nn(-c2ccccc2O)c(C)c1C. The number of aryl methyl sites for hydroxylation is 3. The third-order valence-corrected chi connectivity index (χ3v) is 9.17. The minimum Gasteiger partial charge on any atom is -0.506 e. The van der Waals surface area contributed by atoms with E-state index < -0.39 is 0 Å². The van der Waals surface area contributed by atoms with Gasteiger partial charge >= 0.3 is 0 Å². The van der Waals surface area contributed by atoms with Crippen LogP contribution in [0.15, 0.2) is 128 Å². The number of hydrogen-bond acceptors (Lipinski definition) is 9. The van der Waals surface area contributed by atoms with Crippen LogP contribution in [-0.2, 0) is 5.41 Å². The first-order chi connectivity index (χ1) is 27.6. The molecule has 6 N–H and O–H groups in total. The van der Waals surface area contributed by atoms with Crippen molar-refractivity contribution in [1.82, 2.24) is 39.1 Å². The third-order valence-electron chi connectivity index (χ3n) is 9.17. The molecule has 0 saturated carbocycles. The number of para-hydroxylation sites is 8. The van der Waals surface area contributed by atoms with Crippen molar-refractivity contribution in [2.75, 3.05) is 5.73 Å². The van der Waals surface area contributed by atoms with E-state index >= 15 is 0 Å². The lowest BCUT2D eigenvalue weighted by Gasteiger charge is -2.14. The van der Waals surface area contributed by atoms with E-state index in [0.717, 1.165) is 34.2 Å². The molecule has 58 heavy (non-hydrogen) atoms. The maximum Gasteiger partial charge on any atom is 0.141 e. The van der Waals surface area contributed by atoms with E-state index in [4.69, 9.17) is 5.73 Å². The summed E-state index contributed by atoms with van der Waals surface area (Å²) in [5, 5.41) is 55.7. The molecular formula is C45H51N9O4. The first-order valence-corrected chi connectivity index (χ1v) is 18.6. The lowest BCUT2D eigenvalue weighted by molar-refractivity contribution is 0.469. The summed E-state index contributed by atoms with van der Waals surface area (Å²) in [5.41, 5.74) is 14.7. The zero-order valence-electron chi connectivity index (χ0n) is 34.1. The molecule has 0 amide bonds. The number of nitrogens with zero attached hydrogens (tertiary/aromatic N) is 8. The van der Waals surface area contributed by atoms with Crippen LogP contribution in [0.25, 0.3) is 22.7 Å². The molecule has 4 heterocycles. The minimum absolute atomic E-state index is 0.0657. The number of anilines is 1. The van der Waals surface area contributed by atoms with Crippen molar-refractivity contribution in [3.8, 4) is 45.7 Å². The molecule has 0 aliphatic rings. The molecule has 0 fully saturated rings. The van der Waals surface area contributed by atoms with Crippen molar-refractivity contribution in [3.05, 3.63) is 162 Å². The van der Waals surface area contributed by atoms with Gasteiger partial charge in [-0.2, -0.15) is 20.4 Å². The van der Waals surface area contributed by atoms with Crippen molar-refractivity contribution in [3.63, 3.8) is 0 Å². The van der Waals surface area contributed by atoms with Crippen LogP contribution in [0.3, 0.4) is 0 Å². The van der Waals surface area contributed by atoms with Crippen molar-refractivity contribution in [2.45, 2.75) is 60.8 Å². The molecule has 8 aromatic rings. The first kappa shape index (κ1) is 41.9. The molecule has 0 aliphatic heterocycles. The lowest BCUT2D eigenvalue weighted by atomic mass is 9.92. The van der Waals surface area contributed by atoms with Gasteiger partial charge < -0.3 is 26.2 Å². The van der Waals surface area contributed by atoms with Gasteiger partial charge in [-0.25, -0.2) is 18.7 Å². The van der Waals surface area contributed by atoms with Crippen LogP contribution in [0, 0.1) is 34.6 Å². The van der Waals surface area contributed by atoms with Gasteiger partial charge in [-0.05, 0) is 101 Å². The highest BCUT2D eigenvalue weighted by atomic mass is 16.3. The Labute approximate surface area is 338 Å². The van der Waals surface area contributed by atoms with Gasteiger partial charge in [0, 0.05) is 35.3 Å². The number of hydrogen-bond donors (Lipinski definition) is 5. The fourth-order valence-corrected chi connectivity index (χ4v) is 5.67. The monoisotopic (exact) mass is 781 g/mol. The minimum atomic E-state index is -0.0657. The van der Waals surface area contributed by atoms with Gasteiger partial charge in [0.1, 0.15) is 51.6 Å². The molecule has 0 saturated heterocycles. The Morgan fingerprint density at radius 2 is 1.00 bits per heavy atom. The molecule has 8 rings (SSSR count). The van der Waals surface area contributed by atoms with Gasteiger partial charge in [-0.1, -0.05) is 69.3 Å². The topological polar surface area (TPSA) is 178 Å². The van der Waals surface area contributed by atoms with Gasteiger partial charge in [-0.3, -0.25) is 0 Å². The van der Waals surface area contributed by atoms with Crippen LogP contribution >= 0.6 is 0 Å². The molecule has 0 atom stereocenters. The molecule has 13 nitrogen and oxygen atoms in total. The summed E-state index contributed by atoms with van der Waals surface area (Å²) in [5.74, 6) is 1.43. The van der Waals surface area contributed by atoms with Gasteiger partial charge in [0.15, 0.2) is 0 Å². The van der Waals surface area contributed by atoms with Crippen molar-refractivity contribution in [2.24, 2.45) is 0 Å². The summed E-state index contributed by atoms with van der Waals surface area (Å²) in [6.45, 7) is 16.1. The fraction of sp³-hybridized carbons (Fsp3) is 0.200. The highest BCUT2D eigenvalue weighted by Crippen LogP contribution is 2.28. The van der Waals surface area contributed by atoms with E-state index in [1.807, 2.05) is 101 Å². The second-order valence-corrected chi connectivity index (χ2v) is 14.6. The first-order valence-electron chi connectivity index (χ1n) is 18.6. The predicted octanol–water partition coefficient (Wildman–Crippen LogP) is 8.73. The largest absolute Gasteiger partial charge is 0.506 e. The van der Waals surface area contributed by atoms with E-state index in [-0.39, 0.29) is 28.4 Å². The summed E-state index contributed by atoms with van der Waals surface area (Å²) in [4.78, 5) is 0. The molecule has 0 unspecified atom stereocenters. The second kappa shape index (κ2) is 18.1. The smallest absolute Gasteiger partial charge is 0.141 e. The zero-order valence-corrected chi connectivity index (χ0v) is 34.1. The number of benzene rings is 4. The number of nitrogens with two attached hydrogens (primary N) is 1. The average Bonchev–Trinajstić information content (AvgIpc) is 3.98. The van der Waals surface area contributed by atoms with E-state index in [1.54, 1.807) is 79.5 Å². The average molecular weight is 782 g/mol. The quantitative estimate of drug-likeness (QED) is 0.117. The highest BCUT2D eigenvalue weighted by molar-refractivity contribution is 5.51. The summed E-state index contributed by atoms with van der Waals surface area (Å²) >= 11 is 0. The Morgan fingerprint density at radius 3 is 1.38 bits per heavy atom. The highest BCUT2D eigenvalue weighted by Gasteiger charge is 2.20. The van der Waals surface area contributed by atoms with Crippen LogP contribution in [0.4, 0.5) is 5.82 Å². The van der Waals surface area contributed by atoms with Crippen LogP contribution in [0.2, 0.25) is 0 Å². The Balaban J connectivity index is 0.000000148. The van der Waals surface area contributed by atoms with E-state index in [0.29, 0.717) is 22.9 Å². The third kappa shape index (κ3) is 9.93. The van der Waals surface area contributed by atoms with Crippen LogP contribution in [0.5, 0.6) is 23.0 Å².